The lowest BCUT2D eigenvalue weighted by Crippen LogP contribution is -2.32. The van der Waals surface area contributed by atoms with Crippen LogP contribution in [0.25, 0.3) is 0 Å². The molecule has 0 heterocycles. The average molecular weight is 274 g/mol. The highest BCUT2D eigenvalue weighted by Gasteiger charge is 2.05. The van der Waals surface area contributed by atoms with Gasteiger partial charge in [0.05, 0.1) is 6.61 Å². The van der Waals surface area contributed by atoms with Crippen molar-refractivity contribution in [1.29, 1.82) is 0 Å². The number of hydrogen-bond acceptors (Lipinski definition) is 3. The molecule has 15 heavy (non-hydrogen) atoms. The molecule has 0 amide bonds. The second-order valence-corrected chi connectivity index (χ2v) is 4.32. The van der Waals surface area contributed by atoms with Gasteiger partial charge in [-0.1, -0.05) is 28.1 Å². The predicted molar refractivity (Wildman–Crippen MR) is 63.6 cm³/mol. The van der Waals surface area contributed by atoms with Gasteiger partial charge in [-0.05, 0) is 24.1 Å². The van der Waals surface area contributed by atoms with Gasteiger partial charge in [-0.2, -0.15) is 0 Å². The molecule has 1 rings (SSSR count). The van der Waals surface area contributed by atoms with Crippen molar-refractivity contribution in [3.8, 4) is 0 Å². The van der Waals surface area contributed by atoms with E-state index in [2.05, 4.69) is 21.2 Å². The molecule has 0 saturated heterocycles. The highest BCUT2D eigenvalue weighted by molar-refractivity contribution is 9.10. The van der Waals surface area contributed by atoms with Crippen LogP contribution in [0.1, 0.15) is 12.0 Å². The Hall–Kier alpha value is -0.420. The van der Waals surface area contributed by atoms with Gasteiger partial charge < -0.3 is 15.5 Å². The molecular formula is C11H16BrNO2. The van der Waals surface area contributed by atoms with Gasteiger partial charge >= 0.3 is 0 Å². The fourth-order valence-electron chi connectivity index (χ4n) is 1.32. The highest BCUT2D eigenvalue weighted by atomic mass is 79.9. The van der Waals surface area contributed by atoms with Crippen LogP contribution in [-0.2, 0) is 6.54 Å². The van der Waals surface area contributed by atoms with Gasteiger partial charge in [0.25, 0.3) is 0 Å². The van der Waals surface area contributed by atoms with Gasteiger partial charge in [-0.25, -0.2) is 0 Å². The Morgan fingerprint density at radius 2 is 2.13 bits per heavy atom. The van der Waals surface area contributed by atoms with Crippen LogP contribution in [-0.4, -0.2) is 29.5 Å². The summed E-state index contributed by atoms with van der Waals surface area (Å²) < 4.78 is 1.05. The Labute approximate surface area is 98.3 Å². The van der Waals surface area contributed by atoms with Crippen LogP contribution in [0.4, 0.5) is 0 Å². The molecule has 1 atom stereocenters. The molecule has 1 aromatic rings. The average Bonchev–Trinajstić information content (AvgIpc) is 2.24. The van der Waals surface area contributed by atoms with Crippen molar-refractivity contribution in [2.75, 3.05) is 13.2 Å². The number of hydrogen-bond donors (Lipinski definition) is 3. The predicted octanol–water partition coefficient (Wildman–Crippen LogP) is 1.28. The van der Waals surface area contributed by atoms with Crippen molar-refractivity contribution in [3.63, 3.8) is 0 Å². The Morgan fingerprint density at radius 1 is 1.33 bits per heavy atom. The third kappa shape index (κ3) is 4.75. The molecule has 0 radical (unpaired) electrons. The molecule has 0 bridgehead atoms. The van der Waals surface area contributed by atoms with Crippen molar-refractivity contribution < 1.29 is 10.2 Å². The third-order valence-electron chi connectivity index (χ3n) is 2.18. The van der Waals surface area contributed by atoms with Crippen LogP contribution >= 0.6 is 15.9 Å². The fourth-order valence-corrected chi connectivity index (χ4v) is 1.77. The minimum atomic E-state index is -0.0334. The van der Waals surface area contributed by atoms with E-state index < -0.39 is 0 Å². The number of aliphatic hydroxyl groups is 2. The van der Waals surface area contributed by atoms with Gasteiger partial charge in [0.1, 0.15) is 0 Å². The van der Waals surface area contributed by atoms with E-state index in [0.29, 0.717) is 13.0 Å². The van der Waals surface area contributed by atoms with Crippen molar-refractivity contribution in [1.82, 2.24) is 5.32 Å². The van der Waals surface area contributed by atoms with Crippen molar-refractivity contribution >= 4 is 15.9 Å². The number of nitrogens with one attached hydrogen (secondary N) is 1. The number of halogens is 1. The van der Waals surface area contributed by atoms with E-state index in [0.717, 1.165) is 10.0 Å². The van der Waals surface area contributed by atoms with E-state index in [-0.39, 0.29) is 19.3 Å². The van der Waals surface area contributed by atoms with E-state index >= 15 is 0 Å². The first-order chi connectivity index (χ1) is 7.26. The fraction of sp³-hybridized carbons (Fsp3) is 0.455. The molecular weight excluding hydrogens is 258 g/mol. The lowest BCUT2D eigenvalue weighted by Gasteiger charge is -2.14. The molecule has 3 N–H and O–H groups in total. The molecule has 0 saturated carbocycles. The minimum absolute atomic E-state index is 0.0334. The summed E-state index contributed by atoms with van der Waals surface area (Å²) in [5, 5.41) is 20.9. The molecule has 3 nitrogen and oxygen atoms in total. The van der Waals surface area contributed by atoms with Crippen molar-refractivity contribution in [2.45, 2.75) is 19.0 Å². The van der Waals surface area contributed by atoms with Gasteiger partial charge in [0.2, 0.25) is 0 Å². The van der Waals surface area contributed by atoms with E-state index in [1.54, 1.807) is 0 Å². The van der Waals surface area contributed by atoms with Crippen molar-refractivity contribution in [2.24, 2.45) is 0 Å². The van der Waals surface area contributed by atoms with Crippen LogP contribution in [0, 0.1) is 0 Å². The van der Waals surface area contributed by atoms with Gasteiger partial charge in [0.15, 0.2) is 0 Å². The van der Waals surface area contributed by atoms with E-state index in [4.69, 9.17) is 10.2 Å². The molecule has 84 valence electrons. The smallest absolute Gasteiger partial charge is 0.0585 e. The van der Waals surface area contributed by atoms with Gasteiger partial charge in [-0.15, -0.1) is 0 Å². The Bertz CT molecular complexity index is 294. The summed E-state index contributed by atoms with van der Waals surface area (Å²) in [6.45, 7) is 0.843. The van der Waals surface area contributed by atoms with Gasteiger partial charge in [0, 0.05) is 23.7 Å². The van der Waals surface area contributed by atoms with Crippen LogP contribution in [0.15, 0.2) is 28.7 Å². The summed E-state index contributed by atoms with van der Waals surface area (Å²) >= 11 is 3.40. The Morgan fingerprint density at radius 3 is 2.73 bits per heavy atom. The first-order valence-electron chi connectivity index (χ1n) is 4.96. The van der Waals surface area contributed by atoms with Crippen molar-refractivity contribution in [3.05, 3.63) is 34.3 Å². The monoisotopic (exact) mass is 273 g/mol. The van der Waals surface area contributed by atoms with E-state index in [1.165, 1.54) is 0 Å². The summed E-state index contributed by atoms with van der Waals surface area (Å²) in [4.78, 5) is 0. The lowest BCUT2D eigenvalue weighted by molar-refractivity contribution is 0.200. The normalized spacial score (nSPS) is 12.7. The topological polar surface area (TPSA) is 52.5 Å². The van der Waals surface area contributed by atoms with Crippen LogP contribution in [0.5, 0.6) is 0 Å². The summed E-state index contributed by atoms with van der Waals surface area (Å²) in [5.74, 6) is 0. The highest BCUT2D eigenvalue weighted by Crippen LogP contribution is 2.11. The molecule has 1 unspecified atom stereocenters. The second-order valence-electron chi connectivity index (χ2n) is 3.40. The SMILES string of the molecule is OCCC(CO)NCc1cccc(Br)c1. The molecule has 0 aliphatic rings. The number of aliphatic hydroxyl groups excluding tert-OH is 2. The van der Waals surface area contributed by atoms with Gasteiger partial charge in [-0.3, -0.25) is 0 Å². The zero-order chi connectivity index (χ0) is 11.1. The summed E-state index contributed by atoms with van der Waals surface area (Å²) in [5.41, 5.74) is 1.15. The quantitative estimate of drug-likeness (QED) is 0.732. The van der Waals surface area contributed by atoms with E-state index in [9.17, 15) is 0 Å². The van der Waals surface area contributed by atoms with E-state index in [1.807, 2.05) is 24.3 Å². The Balaban J connectivity index is 2.41. The maximum atomic E-state index is 9.01. The molecule has 0 fully saturated rings. The molecule has 0 aromatic heterocycles. The molecule has 0 aliphatic carbocycles. The van der Waals surface area contributed by atoms with Crippen LogP contribution < -0.4 is 5.32 Å². The standard InChI is InChI=1S/C11H16BrNO2/c12-10-3-1-2-9(6-10)7-13-11(8-15)4-5-14/h1-3,6,11,13-15H,4-5,7-8H2. The summed E-state index contributed by atoms with van der Waals surface area (Å²) in [7, 11) is 0. The first-order valence-corrected chi connectivity index (χ1v) is 5.75. The lowest BCUT2D eigenvalue weighted by atomic mass is 10.2. The maximum Gasteiger partial charge on any atom is 0.0585 e. The second kappa shape index (κ2) is 6.95. The van der Waals surface area contributed by atoms with Crippen LogP contribution in [0.3, 0.4) is 0 Å². The van der Waals surface area contributed by atoms with Crippen LogP contribution in [0.2, 0.25) is 0 Å². The minimum Gasteiger partial charge on any atom is -0.396 e. The first kappa shape index (κ1) is 12.6. The molecule has 4 heteroatoms. The largest absolute Gasteiger partial charge is 0.396 e. The maximum absolute atomic E-state index is 9.01. The molecule has 1 aromatic carbocycles. The summed E-state index contributed by atoms with van der Waals surface area (Å²) in [6, 6.07) is 7.96. The Kier molecular flexibility index (Phi) is 5.86. The number of benzene rings is 1. The zero-order valence-corrected chi connectivity index (χ0v) is 10.1. The zero-order valence-electron chi connectivity index (χ0n) is 8.49. The molecule has 0 spiro atoms. The third-order valence-corrected chi connectivity index (χ3v) is 2.68. The molecule has 0 aliphatic heterocycles. The summed E-state index contributed by atoms with van der Waals surface area (Å²) in [6.07, 6.45) is 0.574. The number of rotatable bonds is 6.